The van der Waals surface area contributed by atoms with Gasteiger partial charge in [-0.3, -0.25) is 9.89 Å². The van der Waals surface area contributed by atoms with E-state index < -0.39 is 0 Å². The lowest BCUT2D eigenvalue weighted by atomic mass is 10.0. The Morgan fingerprint density at radius 3 is 2.67 bits per heavy atom. The van der Waals surface area contributed by atoms with E-state index in [1.807, 2.05) is 30.3 Å². The van der Waals surface area contributed by atoms with Crippen LogP contribution in [0, 0.1) is 18.3 Å². The number of aromatic nitrogens is 2. The van der Waals surface area contributed by atoms with Crippen LogP contribution in [0.25, 0.3) is 22.0 Å². The molecule has 5 heteroatoms. The highest BCUT2D eigenvalue weighted by molar-refractivity contribution is 6.08. The van der Waals surface area contributed by atoms with Gasteiger partial charge in [0, 0.05) is 10.9 Å². The van der Waals surface area contributed by atoms with Gasteiger partial charge in [-0.05, 0) is 48.4 Å². The maximum atomic E-state index is 12.5. The van der Waals surface area contributed by atoms with Crippen molar-refractivity contribution in [1.29, 1.82) is 5.26 Å². The first-order chi connectivity index (χ1) is 13.1. The highest BCUT2D eigenvalue weighted by Crippen LogP contribution is 2.27. The van der Waals surface area contributed by atoms with Gasteiger partial charge >= 0.3 is 0 Å². The predicted octanol–water partition coefficient (Wildman–Crippen LogP) is 4.66. The van der Waals surface area contributed by atoms with Crippen LogP contribution in [-0.4, -0.2) is 16.1 Å². The number of carbonyl (C=O) groups is 1. The van der Waals surface area contributed by atoms with E-state index in [0.29, 0.717) is 16.9 Å². The summed E-state index contributed by atoms with van der Waals surface area (Å²) < 4.78 is 0. The van der Waals surface area contributed by atoms with Crippen molar-refractivity contribution in [2.45, 2.75) is 6.92 Å². The molecule has 0 saturated heterocycles. The van der Waals surface area contributed by atoms with Crippen LogP contribution >= 0.6 is 0 Å². The number of hydrogen-bond donors (Lipinski definition) is 2. The number of aromatic amines is 1. The van der Waals surface area contributed by atoms with Gasteiger partial charge in [0.25, 0.3) is 5.91 Å². The Morgan fingerprint density at radius 1 is 1.04 bits per heavy atom. The number of aryl methyl sites for hydroxylation is 1. The van der Waals surface area contributed by atoms with Gasteiger partial charge < -0.3 is 5.32 Å². The minimum atomic E-state index is -0.303. The van der Waals surface area contributed by atoms with Crippen molar-refractivity contribution >= 4 is 22.6 Å². The zero-order valence-electron chi connectivity index (χ0n) is 14.7. The van der Waals surface area contributed by atoms with E-state index in [1.165, 1.54) is 5.56 Å². The zero-order chi connectivity index (χ0) is 18.8. The van der Waals surface area contributed by atoms with E-state index in [0.717, 1.165) is 22.0 Å². The fraction of sp³-hybridized carbons (Fsp3) is 0.0455. The number of fused-ring (bicyclic) bond motifs is 1. The normalized spacial score (nSPS) is 10.5. The fourth-order valence-corrected chi connectivity index (χ4v) is 3.03. The second-order valence-electron chi connectivity index (χ2n) is 6.35. The predicted molar refractivity (Wildman–Crippen MR) is 105 cm³/mol. The van der Waals surface area contributed by atoms with Gasteiger partial charge in [-0.1, -0.05) is 42.0 Å². The molecular formula is C22H16N4O. The van der Waals surface area contributed by atoms with Crippen molar-refractivity contribution in [3.8, 4) is 17.2 Å². The van der Waals surface area contributed by atoms with Crippen molar-refractivity contribution < 1.29 is 4.79 Å². The molecule has 2 N–H and O–H groups in total. The number of H-pyrrole nitrogens is 1. The topological polar surface area (TPSA) is 81.6 Å². The zero-order valence-corrected chi connectivity index (χ0v) is 14.7. The second kappa shape index (κ2) is 6.77. The number of rotatable bonds is 3. The Labute approximate surface area is 156 Å². The van der Waals surface area contributed by atoms with E-state index in [-0.39, 0.29) is 5.91 Å². The number of hydrogen-bond acceptors (Lipinski definition) is 3. The summed E-state index contributed by atoms with van der Waals surface area (Å²) in [5.41, 5.74) is 5.11. The molecule has 1 amide bonds. The molecule has 0 saturated carbocycles. The highest BCUT2D eigenvalue weighted by atomic mass is 16.1. The van der Waals surface area contributed by atoms with Crippen LogP contribution in [0.2, 0.25) is 0 Å². The molecule has 4 aromatic rings. The fourth-order valence-electron chi connectivity index (χ4n) is 3.03. The molecule has 0 spiro atoms. The molecule has 4 rings (SSSR count). The molecule has 3 aromatic carbocycles. The minimum Gasteiger partial charge on any atom is -0.305 e. The SMILES string of the molecule is Cc1cccc(-c2ccc3c(NC(=O)c4cccc(C#N)c4)n[nH]c3c2)c1. The van der Waals surface area contributed by atoms with Crippen LogP contribution in [-0.2, 0) is 0 Å². The summed E-state index contributed by atoms with van der Waals surface area (Å²) in [5.74, 6) is 0.163. The van der Waals surface area contributed by atoms with Crippen LogP contribution in [0.15, 0.2) is 66.7 Å². The maximum absolute atomic E-state index is 12.5. The molecule has 0 aliphatic rings. The molecule has 0 atom stereocenters. The Morgan fingerprint density at radius 2 is 1.85 bits per heavy atom. The van der Waals surface area contributed by atoms with Crippen LogP contribution in [0.3, 0.4) is 0 Å². The molecule has 0 unspecified atom stereocenters. The smallest absolute Gasteiger partial charge is 0.256 e. The lowest BCUT2D eigenvalue weighted by Crippen LogP contribution is -2.12. The van der Waals surface area contributed by atoms with Crippen LogP contribution in [0.1, 0.15) is 21.5 Å². The quantitative estimate of drug-likeness (QED) is 0.562. The highest BCUT2D eigenvalue weighted by Gasteiger charge is 2.12. The Bertz CT molecular complexity index is 1200. The molecule has 0 fully saturated rings. The largest absolute Gasteiger partial charge is 0.305 e. The van der Waals surface area contributed by atoms with Crippen LogP contribution in [0.5, 0.6) is 0 Å². The van der Waals surface area contributed by atoms with Gasteiger partial charge in [-0.15, -0.1) is 0 Å². The number of benzene rings is 3. The van der Waals surface area contributed by atoms with E-state index in [2.05, 4.69) is 40.6 Å². The third-order valence-corrected chi connectivity index (χ3v) is 4.40. The van der Waals surface area contributed by atoms with Gasteiger partial charge in [-0.2, -0.15) is 10.4 Å². The Hall–Kier alpha value is -3.91. The molecule has 0 radical (unpaired) electrons. The summed E-state index contributed by atoms with van der Waals surface area (Å²) in [7, 11) is 0. The number of nitriles is 1. The van der Waals surface area contributed by atoms with E-state index in [1.54, 1.807) is 24.3 Å². The number of nitrogens with zero attached hydrogens (tertiary/aromatic N) is 2. The molecule has 0 aliphatic heterocycles. The number of anilines is 1. The summed E-state index contributed by atoms with van der Waals surface area (Å²) in [4.78, 5) is 12.5. The summed E-state index contributed by atoms with van der Waals surface area (Å²) in [6, 6.07) is 22.9. The van der Waals surface area contributed by atoms with Gasteiger partial charge in [-0.25, -0.2) is 0 Å². The first kappa shape index (κ1) is 16.6. The number of nitrogens with one attached hydrogen (secondary N) is 2. The third kappa shape index (κ3) is 3.29. The molecule has 1 heterocycles. The standard InChI is InChI=1S/C22H16N4O/c1-14-4-2-6-16(10-14)17-8-9-19-20(12-17)25-26-21(19)24-22(27)18-7-3-5-15(11-18)13-23/h2-12H,1H3,(H2,24,25,26,27). The van der Waals surface area contributed by atoms with E-state index >= 15 is 0 Å². The molecule has 130 valence electrons. The minimum absolute atomic E-state index is 0.303. The first-order valence-corrected chi connectivity index (χ1v) is 8.51. The van der Waals surface area contributed by atoms with Crippen molar-refractivity contribution in [2.24, 2.45) is 0 Å². The van der Waals surface area contributed by atoms with Crippen molar-refractivity contribution in [2.75, 3.05) is 5.32 Å². The lowest BCUT2D eigenvalue weighted by Gasteiger charge is -2.05. The summed E-state index contributed by atoms with van der Waals surface area (Å²) in [6.07, 6.45) is 0. The monoisotopic (exact) mass is 352 g/mol. The average molecular weight is 352 g/mol. The second-order valence-corrected chi connectivity index (χ2v) is 6.35. The first-order valence-electron chi connectivity index (χ1n) is 8.51. The molecule has 0 bridgehead atoms. The molecule has 1 aromatic heterocycles. The van der Waals surface area contributed by atoms with Crippen molar-refractivity contribution in [3.05, 3.63) is 83.4 Å². The number of carbonyl (C=O) groups excluding carboxylic acids is 1. The van der Waals surface area contributed by atoms with Crippen LogP contribution in [0.4, 0.5) is 5.82 Å². The Balaban J connectivity index is 1.64. The van der Waals surface area contributed by atoms with Crippen molar-refractivity contribution in [3.63, 3.8) is 0 Å². The summed E-state index contributed by atoms with van der Waals surface area (Å²) >= 11 is 0. The maximum Gasteiger partial charge on any atom is 0.256 e. The molecule has 27 heavy (non-hydrogen) atoms. The van der Waals surface area contributed by atoms with Gasteiger partial charge in [0.15, 0.2) is 5.82 Å². The van der Waals surface area contributed by atoms with Crippen molar-refractivity contribution in [1.82, 2.24) is 10.2 Å². The average Bonchev–Trinajstić information content (AvgIpc) is 3.10. The van der Waals surface area contributed by atoms with Gasteiger partial charge in [0.05, 0.1) is 17.1 Å². The summed E-state index contributed by atoms with van der Waals surface area (Å²) in [5, 5.41) is 19.8. The molecule has 0 aliphatic carbocycles. The van der Waals surface area contributed by atoms with E-state index in [4.69, 9.17) is 5.26 Å². The van der Waals surface area contributed by atoms with Gasteiger partial charge in [0.2, 0.25) is 0 Å². The Kier molecular flexibility index (Phi) is 4.15. The van der Waals surface area contributed by atoms with Gasteiger partial charge in [0.1, 0.15) is 0 Å². The van der Waals surface area contributed by atoms with Crippen LogP contribution < -0.4 is 5.32 Å². The molecular weight excluding hydrogens is 336 g/mol. The summed E-state index contributed by atoms with van der Waals surface area (Å²) in [6.45, 7) is 2.06. The lowest BCUT2D eigenvalue weighted by molar-refractivity contribution is 0.102. The van der Waals surface area contributed by atoms with E-state index in [9.17, 15) is 4.79 Å². The third-order valence-electron chi connectivity index (χ3n) is 4.40. The molecule has 5 nitrogen and oxygen atoms in total. The number of amides is 1.